The first-order valence-electron chi connectivity index (χ1n) is 5.92. The van der Waals surface area contributed by atoms with Crippen LogP contribution in [0.1, 0.15) is 11.1 Å². The van der Waals surface area contributed by atoms with E-state index < -0.39 is 0 Å². The number of aromatic nitrogens is 2. The minimum Gasteiger partial charge on any atom is -0.356 e. The second kappa shape index (κ2) is 4.47. The first-order valence-corrected chi connectivity index (χ1v) is 8.84. The van der Waals surface area contributed by atoms with Gasteiger partial charge < -0.3 is 4.52 Å². The summed E-state index contributed by atoms with van der Waals surface area (Å²) in [6.07, 6.45) is 7.89. The predicted octanol–water partition coefficient (Wildman–Crippen LogP) is 4.35. The van der Waals surface area contributed by atoms with Gasteiger partial charge in [-0.1, -0.05) is 5.16 Å². The Hall–Kier alpha value is -1.11. The van der Waals surface area contributed by atoms with Crippen LogP contribution in [0.3, 0.4) is 0 Å². The Morgan fingerprint density at radius 1 is 1.37 bits per heavy atom. The van der Waals surface area contributed by atoms with Gasteiger partial charge in [-0.3, -0.25) is 0 Å². The summed E-state index contributed by atoms with van der Waals surface area (Å²) in [5, 5.41) is 7.10. The first kappa shape index (κ1) is 11.7. The average molecular weight is 306 g/mol. The molecule has 0 bridgehead atoms. The van der Waals surface area contributed by atoms with Crippen LogP contribution in [0.5, 0.6) is 0 Å². The van der Waals surface area contributed by atoms with Crippen molar-refractivity contribution in [2.75, 3.05) is 6.26 Å². The van der Waals surface area contributed by atoms with Crippen LogP contribution >= 0.6 is 34.4 Å². The highest BCUT2D eigenvalue weighted by Gasteiger charge is 2.29. The van der Waals surface area contributed by atoms with Crippen LogP contribution < -0.4 is 0 Å². The van der Waals surface area contributed by atoms with E-state index in [2.05, 4.69) is 16.4 Å². The molecule has 0 aliphatic heterocycles. The molecule has 0 atom stereocenters. The molecule has 19 heavy (non-hydrogen) atoms. The van der Waals surface area contributed by atoms with Crippen molar-refractivity contribution in [3.63, 3.8) is 0 Å². The molecule has 0 radical (unpaired) electrons. The van der Waals surface area contributed by atoms with Crippen LogP contribution in [0.2, 0.25) is 0 Å². The molecule has 96 valence electrons. The molecule has 3 aromatic heterocycles. The molecule has 0 fully saturated rings. The van der Waals surface area contributed by atoms with Gasteiger partial charge in [-0.2, -0.15) is 0 Å². The maximum Gasteiger partial charge on any atom is 0.172 e. The second-order valence-corrected chi connectivity index (χ2v) is 7.28. The van der Waals surface area contributed by atoms with E-state index in [0.717, 1.165) is 23.6 Å². The molecule has 0 saturated heterocycles. The van der Waals surface area contributed by atoms with Gasteiger partial charge in [-0.15, -0.1) is 34.4 Å². The molecule has 0 saturated carbocycles. The third-order valence-electron chi connectivity index (χ3n) is 3.30. The van der Waals surface area contributed by atoms with Crippen LogP contribution in [0.25, 0.3) is 21.2 Å². The Balaban J connectivity index is 1.99. The topological polar surface area (TPSA) is 38.9 Å². The van der Waals surface area contributed by atoms with Crippen molar-refractivity contribution in [1.82, 2.24) is 10.1 Å². The fourth-order valence-corrected chi connectivity index (χ4v) is 5.31. The normalized spacial score (nSPS) is 13.3. The Labute approximate surface area is 122 Å². The molecule has 3 nitrogen and oxygen atoms in total. The summed E-state index contributed by atoms with van der Waals surface area (Å²) in [5.41, 5.74) is 3.86. The van der Waals surface area contributed by atoms with Gasteiger partial charge in [-0.25, -0.2) is 4.98 Å². The van der Waals surface area contributed by atoms with Crippen molar-refractivity contribution in [2.45, 2.75) is 17.1 Å². The molecule has 3 aromatic rings. The predicted molar refractivity (Wildman–Crippen MR) is 80.1 cm³/mol. The highest BCUT2D eigenvalue weighted by Crippen LogP contribution is 2.49. The van der Waals surface area contributed by atoms with Gasteiger partial charge in [0.15, 0.2) is 5.76 Å². The number of aryl methyl sites for hydroxylation is 1. The lowest BCUT2D eigenvalue weighted by atomic mass is 9.93. The van der Waals surface area contributed by atoms with Gasteiger partial charge in [0.05, 0.1) is 15.3 Å². The van der Waals surface area contributed by atoms with Crippen LogP contribution in [0, 0.1) is 0 Å². The third-order valence-corrected chi connectivity index (χ3v) is 6.58. The molecule has 6 heteroatoms. The van der Waals surface area contributed by atoms with E-state index in [1.54, 1.807) is 23.1 Å². The maximum absolute atomic E-state index is 5.48. The van der Waals surface area contributed by atoms with Crippen molar-refractivity contribution in [2.24, 2.45) is 0 Å². The number of fused-ring (bicyclic) bond motifs is 3. The van der Waals surface area contributed by atoms with E-state index >= 15 is 0 Å². The zero-order chi connectivity index (χ0) is 12.8. The number of thiophene rings is 1. The van der Waals surface area contributed by atoms with Crippen molar-refractivity contribution in [3.8, 4) is 21.2 Å². The van der Waals surface area contributed by atoms with Gasteiger partial charge in [0, 0.05) is 22.7 Å². The van der Waals surface area contributed by atoms with Crippen molar-refractivity contribution >= 4 is 34.4 Å². The quantitative estimate of drug-likeness (QED) is 0.660. The zero-order valence-electron chi connectivity index (χ0n) is 10.2. The van der Waals surface area contributed by atoms with E-state index in [9.17, 15) is 0 Å². The highest BCUT2D eigenvalue weighted by atomic mass is 32.2. The lowest BCUT2D eigenvalue weighted by Crippen LogP contribution is -2.00. The number of thioether (sulfide) groups is 1. The van der Waals surface area contributed by atoms with Gasteiger partial charge in [-0.05, 0) is 24.7 Å². The number of rotatable bonds is 2. The fraction of sp³-hybridized carbons (Fsp3) is 0.231. The third kappa shape index (κ3) is 1.70. The van der Waals surface area contributed by atoms with E-state index in [1.807, 2.05) is 29.1 Å². The summed E-state index contributed by atoms with van der Waals surface area (Å²) in [6, 6.07) is 0. The number of nitrogens with zero attached hydrogens (tertiary/aromatic N) is 2. The maximum atomic E-state index is 5.48. The molecular weight excluding hydrogens is 296 g/mol. The van der Waals surface area contributed by atoms with Crippen LogP contribution in [-0.4, -0.2) is 16.4 Å². The monoisotopic (exact) mass is 306 g/mol. The molecule has 0 unspecified atom stereocenters. The summed E-state index contributed by atoms with van der Waals surface area (Å²) < 4.78 is 6.79. The zero-order valence-corrected chi connectivity index (χ0v) is 12.6. The molecule has 1 aliphatic carbocycles. The molecule has 1 aliphatic rings. The van der Waals surface area contributed by atoms with Gasteiger partial charge in [0.25, 0.3) is 0 Å². The van der Waals surface area contributed by atoms with Gasteiger partial charge in [0.2, 0.25) is 0 Å². The van der Waals surface area contributed by atoms with Gasteiger partial charge >= 0.3 is 0 Å². The van der Waals surface area contributed by atoms with E-state index in [4.69, 9.17) is 4.52 Å². The Morgan fingerprint density at radius 2 is 2.32 bits per heavy atom. The van der Waals surface area contributed by atoms with Crippen LogP contribution in [-0.2, 0) is 12.8 Å². The van der Waals surface area contributed by atoms with Gasteiger partial charge in [0.1, 0.15) is 5.01 Å². The Morgan fingerprint density at radius 3 is 3.11 bits per heavy atom. The summed E-state index contributed by atoms with van der Waals surface area (Å²) >= 11 is 5.30. The van der Waals surface area contributed by atoms with Crippen molar-refractivity contribution in [3.05, 3.63) is 28.9 Å². The number of hydrogen-bond donors (Lipinski definition) is 0. The van der Waals surface area contributed by atoms with Crippen molar-refractivity contribution in [1.29, 1.82) is 0 Å². The van der Waals surface area contributed by atoms with E-state index in [1.165, 1.54) is 25.8 Å². The van der Waals surface area contributed by atoms with Crippen LogP contribution in [0.15, 0.2) is 26.5 Å². The van der Waals surface area contributed by atoms with E-state index in [-0.39, 0.29) is 0 Å². The molecule has 3 heterocycles. The second-order valence-electron chi connectivity index (χ2n) is 4.29. The lowest BCUT2D eigenvalue weighted by molar-refractivity contribution is 0.430. The summed E-state index contributed by atoms with van der Waals surface area (Å²) in [4.78, 5) is 5.76. The molecule has 0 N–H and O–H groups in total. The summed E-state index contributed by atoms with van der Waals surface area (Å²) in [6.45, 7) is 0. The SMILES string of the molecule is CSc1sc(-c2nccs2)c2c1-c1oncc1CC2. The number of thiazole rings is 1. The molecule has 0 spiro atoms. The Bertz CT molecular complexity index is 727. The Kier molecular flexibility index (Phi) is 2.75. The minimum absolute atomic E-state index is 0.963. The van der Waals surface area contributed by atoms with Crippen molar-refractivity contribution < 1.29 is 4.52 Å². The lowest BCUT2D eigenvalue weighted by Gasteiger charge is -2.11. The number of hydrogen-bond acceptors (Lipinski definition) is 6. The highest BCUT2D eigenvalue weighted by molar-refractivity contribution is 8.00. The molecule has 4 rings (SSSR count). The fourth-order valence-electron chi connectivity index (χ4n) is 2.47. The summed E-state index contributed by atoms with van der Waals surface area (Å²) in [7, 11) is 0. The average Bonchev–Trinajstić information content (AvgIpc) is 3.16. The molecule has 0 aromatic carbocycles. The molecule has 0 amide bonds. The minimum atomic E-state index is 0.963. The smallest absolute Gasteiger partial charge is 0.172 e. The van der Waals surface area contributed by atoms with Crippen LogP contribution in [0.4, 0.5) is 0 Å². The summed E-state index contributed by atoms with van der Waals surface area (Å²) in [5.74, 6) is 0.963. The van der Waals surface area contributed by atoms with E-state index in [0.29, 0.717) is 0 Å². The molecular formula is C13H10N2OS3. The largest absolute Gasteiger partial charge is 0.356 e. The standard InChI is InChI=1S/C13H10N2OS3/c1-17-13-9-8(3-2-7-6-15-16-10(7)9)11(19-13)12-14-4-5-18-12/h4-6H,2-3H2,1H3. The first-order chi connectivity index (χ1) is 9.38.